The number of aromatic nitrogens is 4. The van der Waals surface area contributed by atoms with Crippen molar-refractivity contribution in [1.29, 1.82) is 0 Å². The highest BCUT2D eigenvalue weighted by molar-refractivity contribution is 6.22. The Morgan fingerprint density at radius 2 is 1.08 bits per heavy atom. The van der Waals surface area contributed by atoms with Crippen molar-refractivity contribution in [2.24, 2.45) is 0 Å². The summed E-state index contributed by atoms with van der Waals surface area (Å²) in [7, 11) is 0. The van der Waals surface area contributed by atoms with Gasteiger partial charge < -0.3 is 4.57 Å². The first-order chi connectivity index (χ1) is 26.3. The minimum absolute atomic E-state index is 0.551. The summed E-state index contributed by atoms with van der Waals surface area (Å²) >= 11 is 0. The largest absolute Gasteiger partial charge is 0.307 e. The monoisotopic (exact) mass is 674 g/mol. The fraction of sp³-hybridized carbons (Fsp3) is 0.0204. The van der Waals surface area contributed by atoms with Gasteiger partial charge in [0.1, 0.15) is 0 Å². The Labute approximate surface area is 305 Å². The van der Waals surface area contributed by atoms with Gasteiger partial charge in [-0.3, -0.25) is 4.57 Å². The van der Waals surface area contributed by atoms with E-state index in [9.17, 15) is 0 Å². The zero-order valence-corrected chi connectivity index (χ0v) is 28.6. The van der Waals surface area contributed by atoms with Crippen molar-refractivity contribution in [3.8, 4) is 45.1 Å². The van der Waals surface area contributed by atoms with E-state index in [1.165, 1.54) is 61.1 Å². The fourth-order valence-electron chi connectivity index (χ4n) is 9.58. The molecular formula is C49H30N4. The van der Waals surface area contributed by atoms with Gasteiger partial charge in [0.2, 0.25) is 5.95 Å². The van der Waals surface area contributed by atoms with Crippen molar-refractivity contribution in [2.45, 2.75) is 5.41 Å². The maximum absolute atomic E-state index is 5.30. The molecule has 10 aromatic rings. The van der Waals surface area contributed by atoms with Crippen LogP contribution in [0.5, 0.6) is 0 Å². The van der Waals surface area contributed by atoms with Gasteiger partial charge >= 0.3 is 0 Å². The van der Waals surface area contributed by atoms with Gasteiger partial charge in [0.15, 0.2) is 0 Å². The van der Waals surface area contributed by atoms with Crippen LogP contribution in [0.1, 0.15) is 22.3 Å². The van der Waals surface area contributed by atoms with Gasteiger partial charge in [-0.2, -0.15) is 0 Å². The molecule has 0 saturated carbocycles. The van der Waals surface area contributed by atoms with Gasteiger partial charge in [-0.05, 0) is 74.8 Å². The van der Waals surface area contributed by atoms with Crippen LogP contribution in [0.4, 0.5) is 0 Å². The van der Waals surface area contributed by atoms with Crippen LogP contribution >= 0.6 is 0 Å². The Balaban J connectivity index is 1.31. The molecule has 0 atom stereocenters. The van der Waals surface area contributed by atoms with E-state index in [2.05, 4.69) is 173 Å². The van der Waals surface area contributed by atoms with Gasteiger partial charge in [-0.25, -0.2) is 9.97 Å². The van der Waals surface area contributed by atoms with Crippen molar-refractivity contribution in [1.82, 2.24) is 19.1 Å². The van der Waals surface area contributed by atoms with Crippen LogP contribution in [-0.2, 0) is 5.41 Å². The molecule has 1 aliphatic heterocycles. The van der Waals surface area contributed by atoms with Gasteiger partial charge in [0.05, 0.1) is 38.9 Å². The van der Waals surface area contributed by atoms with Crippen LogP contribution in [0.3, 0.4) is 0 Å². The molecule has 0 N–H and O–H groups in total. The van der Waals surface area contributed by atoms with E-state index < -0.39 is 5.41 Å². The van der Waals surface area contributed by atoms with Crippen molar-refractivity contribution in [3.05, 3.63) is 204 Å². The highest BCUT2D eigenvalue weighted by Crippen LogP contribution is 2.61. The van der Waals surface area contributed by atoms with Gasteiger partial charge in [-0.15, -0.1) is 0 Å². The second-order valence-corrected chi connectivity index (χ2v) is 14.1. The average molecular weight is 675 g/mol. The lowest BCUT2D eigenvalue weighted by atomic mass is 9.66. The second kappa shape index (κ2) is 10.5. The number of rotatable bonds is 3. The highest BCUT2D eigenvalue weighted by Gasteiger charge is 2.50. The van der Waals surface area contributed by atoms with Gasteiger partial charge in [-0.1, -0.05) is 146 Å². The summed E-state index contributed by atoms with van der Waals surface area (Å²) in [5, 5.41) is 2.38. The van der Waals surface area contributed by atoms with E-state index in [0.717, 1.165) is 33.2 Å². The van der Waals surface area contributed by atoms with E-state index in [-0.39, 0.29) is 0 Å². The summed E-state index contributed by atoms with van der Waals surface area (Å²) in [5.41, 5.74) is 17.2. The molecule has 53 heavy (non-hydrogen) atoms. The third kappa shape index (κ3) is 3.64. The lowest BCUT2D eigenvalue weighted by Gasteiger charge is -2.34. The van der Waals surface area contributed by atoms with Crippen LogP contribution in [0, 0.1) is 0 Å². The first-order valence-corrected chi connectivity index (χ1v) is 18.2. The molecule has 0 bridgehead atoms. The summed E-state index contributed by atoms with van der Waals surface area (Å²) in [6, 6.07) is 63.9. The standard InChI is InChI=1S/C49H30N4/c1-3-14-31(15-4-1)33-26-27-42-36(30-33)46-47-45-40(23-13-25-44(45)53(46)48-50-29-28-41(51-48)32-16-5-2-6-17-32)49(39-22-11-12-24-43(39)52(42)47)37-20-9-7-18-34(37)35-19-8-10-21-38(35)49/h1-30H. The molecule has 1 spiro atoms. The predicted molar refractivity (Wildman–Crippen MR) is 215 cm³/mol. The molecule has 4 heteroatoms. The fourth-order valence-corrected chi connectivity index (χ4v) is 9.58. The maximum Gasteiger partial charge on any atom is 0.235 e. The minimum atomic E-state index is -0.551. The molecule has 1 aliphatic carbocycles. The molecule has 0 unspecified atom stereocenters. The molecule has 12 rings (SSSR count). The summed E-state index contributed by atoms with van der Waals surface area (Å²) < 4.78 is 4.85. The van der Waals surface area contributed by atoms with E-state index in [4.69, 9.17) is 9.97 Å². The minimum Gasteiger partial charge on any atom is -0.307 e. The number of nitrogens with zero attached hydrogens (tertiary/aromatic N) is 4. The van der Waals surface area contributed by atoms with Crippen molar-refractivity contribution >= 4 is 32.8 Å². The second-order valence-electron chi connectivity index (χ2n) is 14.1. The summed E-state index contributed by atoms with van der Waals surface area (Å²) in [4.78, 5) is 10.3. The van der Waals surface area contributed by atoms with Crippen LogP contribution in [0.15, 0.2) is 182 Å². The normalized spacial score (nSPS) is 13.4. The third-order valence-corrected chi connectivity index (χ3v) is 11.6. The Hall–Kier alpha value is -7.04. The third-order valence-electron chi connectivity index (χ3n) is 11.6. The van der Waals surface area contributed by atoms with Gasteiger partial charge in [0.25, 0.3) is 0 Å². The van der Waals surface area contributed by atoms with Crippen LogP contribution < -0.4 is 0 Å². The Kier molecular flexibility index (Phi) is 5.67. The zero-order valence-electron chi connectivity index (χ0n) is 28.6. The molecular weight excluding hydrogens is 645 g/mol. The molecule has 7 aromatic carbocycles. The quantitative estimate of drug-likeness (QED) is 0.187. The molecule has 4 nitrogen and oxygen atoms in total. The van der Waals surface area contributed by atoms with E-state index >= 15 is 0 Å². The Morgan fingerprint density at radius 3 is 1.83 bits per heavy atom. The van der Waals surface area contributed by atoms with E-state index in [1.807, 2.05) is 18.3 Å². The molecule has 0 saturated heterocycles. The average Bonchev–Trinajstić information content (AvgIpc) is 3.82. The number of benzene rings is 7. The lowest BCUT2D eigenvalue weighted by molar-refractivity contribution is 0.773. The molecule has 0 amide bonds. The number of fused-ring (bicyclic) bond motifs is 12. The first-order valence-electron chi connectivity index (χ1n) is 18.2. The highest BCUT2D eigenvalue weighted by atomic mass is 15.2. The Bertz CT molecular complexity index is 3070. The number of para-hydroxylation sites is 1. The van der Waals surface area contributed by atoms with Crippen LogP contribution in [0.2, 0.25) is 0 Å². The molecule has 4 heterocycles. The van der Waals surface area contributed by atoms with E-state index in [0.29, 0.717) is 5.95 Å². The van der Waals surface area contributed by atoms with Crippen molar-refractivity contribution in [3.63, 3.8) is 0 Å². The molecule has 0 fully saturated rings. The van der Waals surface area contributed by atoms with E-state index in [1.54, 1.807) is 0 Å². The van der Waals surface area contributed by atoms with Crippen LogP contribution in [0.25, 0.3) is 78.0 Å². The van der Waals surface area contributed by atoms with Crippen molar-refractivity contribution in [2.75, 3.05) is 0 Å². The predicted octanol–water partition coefficient (Wildman–Crippen LogP) is 11.5. The molecule has 2 aliphatic rings. The molecule has 0 radical (unpaired) electrons. The summed E-state index contributed by atoms with van der Waals surface area (Å²) in [6.07, 6.45) is 1.90. The lowest BCUT2D eigenvalue weighted by Crippen LogP contribution is -2.29. The summed E-state index contributed by atoms with van der Waals surface area (Å²) in [6.45, 7) is 0. The zero-order chi connectivity index (χ0) is 34.7. The van der Waals surface area contributed by atoms with Crippen LogP contribution in [-0.4, -0.2) is 19.1 Å². The first kappa shape index (κ1) is 28.6. The number of hydrogen-bond donors (Lipinski definition) is 0. The topological polar surface area (TPSA) is 35.6 Å². The van der Waals surface area contributed by atoms with Gasteiger partial charge in [0, 0.05) is 22.5 Å². The SMILES string of the molecule is c1ccc(-c2ccc3c(c2)c2c4c5c(cccc5n2-c2nccc(-c5ccccc5)n2)C2(c5ccccc5-c5ccccc52)c2ccccc2-n34)cc1. The smallest absolute Gasteiger partial charge is 0.235 e. The maximum atomic E-state index is 5.30. The number of hydrogen-bond acceptors (Lipinski definition) is 2. The van der Waals surface area contributed by atoms with Crippen molar-refractivity contribution < 1.29 is 0 Å². The Morgan fingerprint density at radius 1 is 0.434 bits per heavy atom. The summed E-state index contributed by atoms with van der Waals surface area (Å²) in [5.74, 6) is 0.655. The molecule has 246 valence electrons. The molecule has 3 aromatic heterocycles.